The van der Waals surface area contributed by atoms with Crippen LogP contribution in [-0.2, 0) is 18.4 Å². The highest BCUT2D eigenvalue weighted by molar-refractivity contribution is 6.74. The zero-order chi connectivity index (χ0) is 35.1. The lowest BCUT2D eigenvalue weighted by atomic mass is 9.61. The topological polar surface area (TPSA) is 44.8 Å². The molecule has 0 aromatic rings. The van der Waals surface area contributed by atoms with E-state index in [0.717, 1.165) is 18.4 Å². The quantitative estimate of drug-likeness (QED) is 0.217. The standard InChI is InChI=1S/C40H72O4Si2/c1-28(26-42-27-36(41)37(3,4)5)33-21-22-34-30(18-17-23-40(33,34)12)19-20-31-24-32(43-45(13,14)38(6,7)8)25-35(29(31)2)44-46(15,16)39(9,10)11/h19-20,28,32-35H,2,17-18,21-27H2,1,3-16H3/b30-19+,31-20-/t28-,32-,33-,34+,35+,40-/m1/s1. The van der Waals surface area contributed by atoms with Crippen molar-refractivity contribution in [2.24, 2.45) is 28.6 Å². The predicted molar refractivity (Wildman–Crippen MR) is 201 cm³/mol. The molecule has 6 atom stereocenters. The van der Waals surface area contributed by atoms with Crippen molar-refractivity contribution in [3.8, 4) is 0 Å². The zero-order valence-electron chi connectivity index (χ0n) is 32.7. The van der Waals surface area contributed by atoms with E-state index in [1.807, 2.05) is 20.8 Å². The lowest BCUT2D eigenvalue weighted by Gasteiger charge is -2.46. The van der Waals surface area contributed by atoms with Crippen molar-refractivity contribution in [1.29, 1.82) is 0 Å². The number of ketones is 1. The molecule has 3 aliphatic carbocycles. The van der Waals surface area contributed by atoms with E-state index in [2.05, 4.69) is 100 Å². The maximum atomic E-state index is 12.4. The Balaban J connectivity index is 1.84. The number of rotatable bonds is 10. The van der Waals surface area contributed by atoms with Crippen LogP contribution in [0.2, 0.25) is 36.3 Å². The van der Waals surface area contributed by atoms with Crippen molar-refractivity contribution in [1.82, 2.24) is 0 Å². The van der Waals surface area contributed by atoms with E-state index in [4.69, 9.17) is 13.6 Å². The van der Waals surface area contributed by atoms with Gasteiger partial charge in [0.15, 0.2) is 22.4 Å². The molecule has 3 rings (SSSR count). The summed E-state index contributed by atoms with van der Waals surface area (Å²) in [6.45, 7) is 39.8. The molecular formula is C40H72O4Si2. The normalized spacial score (nSPS) is 31.0. The zero-order valence-corrected chi connectivity index (χ0v) is 34.7. The largest absolute Gasteiger partial charge is 0.413 e. The number of hydrogen-bond acceptors (Lipinski definition) is 4. The van der Waals surface area contributed by atoms with Gasteiger partial charge in [-0.15, -0.1) is 0 Å². The van der Waals surface area contributed by atoms with Crippen LogP contribution in [0.1, 0.15) is 121 Å². The molecule has 0 heterocycles. The molecule has 3 aliphatic rings. The molecule has 0 saturated heterocycles. The van der Waals surface area contributed by atoms with E-state index in [9.17, 15) is 4.79 Å². The molecule has 0 amide bonds. The van der Waals surface area contributed by atoms with Crippen molar-refractivity contribution < 1.29 is 18.4 Å². The molecule has 0 spiro atoms. The average molecular weight is 673 g/mol. The van der Waals surface area contributed by atoms with E-state index < -0.39 is 16.6 Å². The van der Waals surface area contributed by atoms with Gasteiger partial charge >= 0.3 is 0 Å². The second-order valence-electron chi connectivity index (χ2n) is 19.5. The van der Waals surface area contributed by atoms with E-state index in [0.29, 0.717) is 24.4 Å². The summed E-state index contributed by atoms with van der Waals surface area (Å²) in [5.41, 5.74) is 4.03. The molecule has 0 aromatic heterocycles. The molecular weight excluding hydrogens is 601 g/mol. The summed E-state index contributed by atoms with van der Waals surface area (Å²) in [5.74, 6) is 1.86. The molecule has 0 bridgehead atoms. The Morgan fingerprint density at radius 1 is 0.957 bits per heavy atom. The third-order valence-electron chi connectivity index (χ3n) is 12.9. The molecule has 264 valence electrons. The molecule has 0 aromatic carbocycles. The van der Waals surface area contributed by atoms with Crippen LogP contribution in [0.5, 0.6) is 0 Å². The fourth-order valence-electron chi connectivity index (χ4n) is 7.65. The maximum absolute atomic E-state index is 12.4. The number of ether oxygens (including phenoxy) is 1. The summed E-state index contributed by atoms with van der Waals surface area (Å²) in [6, 6.07) is 0. The van der Waals surface area contributed by atoms with Crippen molar-refractivity contribution >= 4 is 22.4 Å². The fraction of sp³-hybridized carbons (Fsp3) is 0.825. The lowest BCUT2D eigenvalue weighted by molar-refractivity contribution is -0.131. The van der Waals surface area contributed by atoms with E-state index >= 15 is 0 Å². The van der Waals surface area contributed by atoms with Gasteiger partial charge in [-0.3, -0.25) is 4.79 Å². The second kappa shape index (κ2) is 14.2. The van der Waals surface area contributed by atoms with Gasteiger partial charge in [0.25, 0.3) is 0 Å². The van der Waals surface area contributed by atoms with Gasteiger partial charge in [0.2, 0.25) is 0 Å². The number of carbonyl (C=O) groups is 1. The molecule has 3 saturated carbocycles. The van der Waals surface area contributed by atoms with Crippen LogP contribution in [0.3, 0.4) is 0 Å². The van der Waals surface area contributed by atoms with Crippen LogP contribution < -0.4 is 0 Å². The number of fused-ring (bicyclic) bond motifs is 1. The Kier molecular flexibility index (Phi) is 12.2. The van der Waals surface area contributed by atoms with Gasteiger partial charge in [-0.2, -0.15) is 0 Å². The minimum Gasteiger partial charge on any atom is -0.413 e. The predicted octanol–water partition coefficient (Wildman–Crippen LogP) is 11.5. The number of hydrogen-bond donors (Lipinski definition) is 0. The summed E-state index contributed by atoms with van der Waals surface area (Å²) >= 11 is 0. The van der Waals surface area contributed by atoms with Crippen LogP contribution in [0, 0.1) is 28.6 Å². The monoisotopic (exact) mass is 672 g/mol. The SMILES string of the molecule is C=C1/C(=C\C=C2/CCC[C@]3(C)[C@@H]([C@H](C)COCC(=O)C(C)(C)C)CC[C@@H]23)C[C@@H](O[Si](C)(C)C(C)(C)C)C[C@@H]1O[Si](C)(C)C(C)(C)C. The van der Waals surface area contributed by atoms with Gasteiger partial charge < -0.3 is 13.6 Å². The Labute approximate surface area is 286 Å². The van der Waals surface area contributed by atoms with Gasteiger partial charge in [-0.05, 0) is 109 Å². The molecule has 0 N–H and O–H groups in total. The van der Waals surface area contributed by atoms with Crippen molar-refractivity contribution in [3.63, 3.8) is 0 Å². The van der Waals surface area contributed by atoms with E-state index in [1.165, 1.54) is 37.7 Å². The minimum absolute atomic E-state index is 0.00700. The Morgan fingerprint density at radius 2 is 1.54 bits per heavy atom. The molecule has 6 heteroatoms. The first-order valence-corrected chi connectivity index (χ1v) is 24.2. The summed E-state index contributed by atoms with van der Waals surface area (Å²) in [4.78, 5) is 12.4. The number of carbonyl (C=O) groups excluding carboxylic acids is 1. The molecule has 0 aliphatic heterocycles. The fourth-order valence-corrected chi connectivity index (χ4v) is 10.3. The Morgan fingerprint density at radius 3 is 2.11 bits per heavy atom. The van der Waals surface area contributed by atoms with Gasteiger partial charge in [0.05, 0.1) is 18.8 Å². The van der Waals surface area contributed by atoms with Crippen LogP contribution in [-0.4, -0.2) is 47.8 Å². The first kappa shape index (κ1) is 39.6. The van der Waals surface area contributed by atoms with Crippen molar-refractivity contribution in [3.05, 3.63) is 35.5 Å². The molecule has 46 heavy (non-hydrogen) atoms. The van der Waals surface area contributed by atoms with Gasteiger partial charge in [-0.25, -0.2) is 0 Å². The summed E-state index contributed by atoms with van der Waals surface area (Å²) in [6.07, 6.45) is 13.0. The van der Waals surface area contributed by atoms with Crippen LogP contribution in [0.4, 0.5) is 0 Å². The highest BCUT2D eigenvalue weighted by Gasteiger charge is 2.51. The van der Waals surface area contributed by atoms with Gasteiger partial charge in [0.1, 0.15) is 6.61 Å². The maximum Gasteiger partial charge on any atom is 0.192 e. The summed E-state index contributed by atoms with van der Waals surface area (Å²) < 4.78 is 20.2. The van der Waals surface area contributed by atoms with E-state index in [-0.39, 0.29) is 45.5 Å². The smallest absolute Gasteiger partial charge is 0.192 e. The van der Waals surface area contributed by atoms with Gasteiger partial charge in [-0.1, -0.05) is 100 Å². The summed E-state index contributed by atoms with van der Waals surface area (Å²) in [5, 5.41) is 0.307. The second-order valence-corrected chi connectivity index (χ2v) is 29.0. The molecule has 3 fully saturated rings. The van der Waals surface area contributed by atoms with Crippen LogP contribution in [0.15, 0.2) is 35.5 Å². The van der Waals surface area contributed by atoms with Crippen molar-refractivity contribution in [2.75, 3.05) is 13.2 Å². The molecule has 0 radical (unpaired) electrons. The number of allylic oxidation sites excluding steroid dienone is 3. The first-order valence-electron chi connectivity index (χ1n) is 18.4. The number of Topliss-reactive ketones (excluding diaryl/α,β-unsaturated/α-hetero) is 1. The van der Waals surface area contributed by atoms with Crippen molar-refractivity contribution in [2.45, 2.75) is 170 Å². The Bertz CT molecular complexity index is 1160. The molecule has 4 nitrogen and oxygen atoms in total. The lowest BCUT2D eigenvalue weighted by Crippen LogP contribution is -2.49. The highest BCUT2D eigenvalue weighted by atomic mass is 28.4. The first-order chi connectivity index (χ1) is 20.8. The molecule has 0 unspecified atom stereocenters. The highest BCUT2D eigenvalue weighted by Crippen LogP contribution is 2.59. The summed E-state index contributed by atoms with van der Waals surface area (Å²) in [7, 11) is -3.93. The van der Waals surface area contributed by atoms with E-state index in [1.54, 1.807) is 5.57 Å². The Hall–Kier alpha value is -0.796. The third kappa shape index (κ3) is 9.05. The third-order valence-corrected chi connectivity index (χ3v) is 21.9. The van der Waals surface area contributed by atoms with Gasteiger partial charge in [0, 0.05) is 11.8 Å². The van der Waals surface area contributed by atoms with Crippen LogP contribution in [0.25, 0.3) is 0 Å². The minimum atomic E-state index is -1.99. The average Bonchev–Trinajstić information content (AvgIpc) is 3.24. The van der Waals surface area contributed by atoms with Crippen LogP contribution >= 0.6 is 0 Å².